The van der Waals surface area contributed by atoms with Crippen LogP contribution in [0.1, 0.15) is 22.4 Å². The molecule has 3 heteroatoms. The molecule has 0 amide bonds. The molecule has 3 heterocycles. The first-order valence-electron chi connectivity index (χ1n) is 8.22. The lowest BCUT2D eigenvalue weighted by molar-refractivity contribution is -0.660. The van der Waals surface area contributed by atoms with Crippen molar-refractivity contribution in [2.45, 2.75) is 27.7 Å². The van der Waals surface area contributed by atoms with Crippen LogP contribution in [0.15, 0.2) is 40.9 Å². The second kappa shape index (κ2) is 5.17. The number of fused-ring (bicyclic) bond motifs is 3. The van der Waals surface area contributed by atoms with Crippen LogP contribution in [0.2, 0.25) is 0 Å². The average Bonchev–Trinajstić information content (AvgIpc) is 2.87. The second-order valence-electron chi connectivity index (χ2n) is 6.70. The molecule has 0 aliphatic carbocycles. The van der Waals surface area contributed by atoms with Gasteiger partial charge in [-0.2, -0.15) is 0 Å². The summed E-state index contributed by atoms with van der Waals surface area (Å²) >= 11 is 0. The van der Waals surface area contributed by atoms with Gasteiger partial charge in [0.2, 0.25) is 11.4 Å². The molecule has 3 aromatic heterocycles. The Morgan fingerprint density at radius 3 is 2.50 bits per heavy atom. The van der Waals surface area contributed by atoms with E-state index in [0.717, 1.165) is 33.6 Å². The van der Waals surface area contributed by atoms with Crippen LogP contribution in [0.4, 0.5) is 0 Å². The SMILES string of the molecule is Cc1ccc(-c2c(C)cc(C)c3c2oc2nc(C)ccc23)[n+](C)c1. The number of nitrogens with zero attached hydrogens (tertiary/aromatic N) is 2. The first kappa shape index (κ1) is 14.9. The molecular formula is C21H21N2O+. The maximum atomic E-state index is 6.24. The number of aromatic nitrogens is 2. The first-order chi connectivity index (χ1) is 11.5. The molecule has 24 heavy (non-hydrogen) atoms. The maximum absolute atomic E-state index is 6.24. The van der Waals surface area contributed by atoms with Crippen LogP contribution in [0, 0.1) is 27.7 Å². The molecule has 0 spiro atoms. The van der Waals surface area contributed by atoms with Crippen molar-refractivity contribution in [2.24, 2.45) is 7.05 Å². The quantitative estimate of drug-likeness (QED) is 0.476. The van der Waals surface area contributed by atoms with E-state index >= 15 is 0 Å². The third-order valence-electron chi connectivity index (χ3n) is 4.68. The summed E-state index contributed by atoms with van der Waals surface area (Å²) < 4.78 is 8.41. The van der Waals surface area contributed by atoms with Crippen molar-refractivity contribution in [1.82, 2.24) is 4.98 Å². The van der Waals surface area contributed by atoms with Gasteiger partial charge in [0, 0.05) is 28.1 Å². The summed E-state index contributed by atoms with van der Waals surface area (Å²) in [7, 11) is 2.08. The van der Waals surface area contributed by atoms with Crippen LogP contribution < -0.4 is 4.57 Å². The lowest BCUT2D eigenvalue weighted by atomic mass is 9.97. The summed E-state index contributed by atoms with van der Waals surface area (Å²) in [5.41, 5.74) is 8.60. The molecule has 1 aromatic carbocycles. The fraction of sp³-hybridized carbons (Fsp3) is 0.238. The van der Waals surface area contributed by atoms with E-state index in [1.807, 2.05) is 13.0 Å². The van der Waals surface area contributed by atoms with Gasteiger partial charge >= 0.3 is 0 Å². The largest absolute Gasteiger partial charge is 0.437 e. The number of furan rings is 1. The van der Waals surface area contributed by atoms with E-state index in [0.29, 0.717) is 0 Å². The zero-order chi connectivity index (χ0) is 17.0. The van der Waals surface area contributed by atoms with E-state index in [1.54, 1.807) is 0 Å². The molecule has 4 aromatic rings. The Bertz CT molecular complexity index is 1110. The lowest BCUT2D eigenvalue weighted by Gasteiger charge is -2.08. The maximum Gasteiger partial charge on any atom is 0.227 e. The smallest absolute Gasteiger partial charge is 0.227 e. The monoisotopic (exact) mass is 317 g/mol. The van der Waals surface area contributed by atoms with Crippen LogP contribution in [0.3, 0.4) is 0 Å². The minimum atomic E-state index is 0.717. The normalized spacial score (nSPS) is 11.5. The van der Waals surface area contributed by atoms with Crippen molar-refractivity contribution in [2.75, 3.05) is 0 Å². The van der Waals surface area contributed by atoms with E-state index in [9.17, 15) is 0 Å². The molecule has 0 saturated heterocycles. The Balaban J connectivity index is 2.17. The van der Waals surface area contributed by atoms with Crippen LogP contribution >= 0.6 is 0 Å². The summed E-state index contributed by atoms with van der Waals surface area (Å²) in [6.45, 7) is 8.39. The molecule has 0 aliphatic rings. The highest BCUT2D eigenvalue weighted by atomic mass is 16.3. The van der Waals surface area contributed by atoms with Gasteiger partial charge in [-0.25, -0.2) is 9.55 Å². The number of rotatable bonds is 1. The summed E-state index contributed by atoms with van der Waals surface area (Å²) in [4.78, 5) is 4.58. The highest BCUT2D eigenvalue weighted by molar-refractivity contribution is 6.10. The Hall–Kier alpha value is -2.68. The van der Waals surface area contributed by atoms with Crippen molar-refractivity contribution in [1.29, 1.82) is 0 Å². The van der Waals surface area contributed by atoms with Crippen LogP contribution in [0.5, 0.6) is 0 Å². The topological polar surface area (TPSA) is 29.9 Å². The first-order valence-corrected chi connectivity index (χ1v) is 8.22. The number of hydrogen-bond acceptors (Lipinski definition) is 2. The standard InChI is InChI=1S/C21H21N2O/c1-12-6-9-17(23(5)11-12)19-14(3)10-13(2)18-16-8-7-15(4)22-21(16)24-20(18)19/h6-11H,1-5H3/q+1. The molecule has 0 saturated carbocycles. The summed E-state index contributed by atoms with van der Waals surface area (Å²) in [6, 6.07) is 10.7. The summed E-state index contributed by atoms with van der Waals surface area (Å²) in [5, 5.41) is 2.25. The Morgan fingerprint density at radius 1 is 0.958 bits per heavy atom. The van der Waals surface area contributed by atoms with Crippen molar-refractivity contribution >= 4 is 22.1 Å². The van der Waals surface area contributed by atoms with E-state index < -0.39 is 0 Å². The third-order valence-corrected chi connectivity index (χ3v) is 4.68. The highest BCUT2D eigenvalue weighted by Crippen LogP contribution is 2.38. The van der Waals surface area contributed by atoms with Gasteiger partial charge in [0.1, 0.15) is 7.05 Å². The predicted octanol–water partition coefficient (Wildman–Crippen LogP) is 4.71. The van der Waals surface area contributed by atoms with Crippen LogP contribution in [-0.4, -0.2) is 4.98 Å². The number of aryl methyl sites for hydroxylation is 5. The van der Waals surface area contributed by atoms with Gasteiger partial charge in [0.05, 0.1) is 5.56 Å². The molecule has 0 fully saturated rings. The Kier molecular flexibility index (Phi) is 3.20. The minimum Gasteiger partial charge on any atom is -0.437 e. The van der Waals surface area contributed by atoms with Crippen LogP contribution in [0.25, 0.3) is 33.3 Å². The van der Waals surface area contributed by atoms with E-state index in [-0.39, 0.29) is 0 Å². The molecule has 4 rings (SSSR count). The molecule has 0 aliphatic heterocycles. The van der Waals surface area contributed by atoms with Gasteiger partial charge in [-0.3, -0.25) is 0 Å². The zero-order valence-corrected chi connectivity index (χ0v) is 14.8. The molecule has 3 nitrogen and oxygen atoms in total. The summed E-state index contributed by atoms with van der Waals surface area (Å²) in [5.74, 6) is 0. The third kappa shape index (κ3) is 2.12. The minimum absolute atomic E-state index is 0.717. The number of pyridine rings is 2. The fourth-order valence-electron chi connectivity index (χ4n) is 3.61. The van der Waals surface area contributed by atoms with Gasteiger partial charge in [0.15, 0.2) is 11.8 Å². The van der Waals surface area contributed by atoms with Crippen molar-refractivity contribution in [3.05, 3.63) is 58.9 Å². The molecule has 0 N–H and O–H groups in total. The molecule has 0 atom stereocenters. The molecule has 0 radical (unpaired) electrons. The second-order valence-corrected chi connectivity index (χ2v) is 6.70. The average molecular weight is 317 g/mol. The Morgan fingerprint density at radius 2 is 1.75 bits per heavy atom. The van der Waals surface area contributed by atoms with Gasteiger partial charge < -0.3 is 4.42 Å². The Labute approximate surface area is 141 Å². The van der Waals surface area contributed by atoms with Gasteiger partial charge in [-0.1, -0.05) is 6.07 Å². The summed E-state index contributed by atoms with van der Waals surface area (Å²) in [6.07, 6.45) is 2.14. The fourth-order valence-corrected chi connectivity index (χ4v) is 3.61. The number of hydrogen-bond donors (Lipinski definition) is 0. The van der Waals surface area contributed by atoms with Gasteiger partial charge in [-0.15, -0.1) is 0 Å². The van der Waals surface area contributed by atoms with E-state index in [2.05, 4.69) is 67.8 Å². The van der Waals surface area contributed by atoms with Crippen LogP contribution in [-0.2, 0) is 7.05 Å². The predicted molar refractivity (Wildman–Crippen MR) is 97.1 cm³/mol. The molecule has 120 valence electrons. The lowest BCUT2D eigenvalue weighted by Crippen LogP contribution is -2.31. The molecular weight excluding hydrogens is 296 g/mol. The van der Waals surface area contributed by atoms with Crippen molar-refractivity contribution in [3.63, 3.8) is 0 Å². The van der Waals surface area contributed by atoms with Crippen molar-refractivity contribution < 1.29 is 8.98 Å². The molecule has 0 unspecified atom stereocenters. The van der Waals surface area contributed by atoms with Gasteiger partial charge in [-0.05, 0) is 57.0 Å². The number of benzene rings is 1. The van der Waals surface area contributed by atoms with E-state index in [1.165, 1.54) is 22.1 Å². The van der Waals surface area contributed by atoms with Gasteiger partial charge in [0.25, 0.3) is 0 Å². The molecule has 0 bridgehead atoms. The highest BCUT2D eigenvalue weighted by Gasteiger charge is 2.22. The van der Waals surface area contributed by atoms with Crippen molar-refractivity contribution in [3.8, 4) is 11.3 Å². The van der Waals surface area contributed by atoms with E-state index in [4.69, 9.17) is 4.42 Å². The zero-order valence-electron chi connectivity index (χ0n) is 14.8.